The van der Waals surface area contributed by atoms with Crippen molar-refractivity contribution in [3.63, 3.8) is 0 Å². The van der Waals surface area contributed by atoms with Gasteiger partial charge in [0.25, 0.3) is 0 Å². The number of fused-ring (bicyclic) bond motifs is 1. The van der Waals surface area contributed by atoms with Crippen molar-refractivity contribution in [2.75, 3.05) is 11.9 Å². The van der Waals surface area contributed by atoms with Gasteiger partial charge in [0, 0.05) is 23.7 Å². The minimum atomic E-state index is -3.67. The normalized spacial score (nSPS) is 11.6. The lowest BCUT2D eigenvalue weighted by Gasteiger charge is -2.08. The van der Waals surface area contributed by atoms with Gasteiger partial charge in [-0.2, -0.15) is 0 Å². The van der Waals surface area contributed by atoms with E-state index in [9.17, 15) is 13.2 Å². The van der Waals surface area contributed by atoms with E-state index < -0.39 is 10.0 Å². The third kappa shape index (κ3) is 4.59. The predicted molar refractivity (Wildman–Crippen MR) is 104 cm³/mol. The summed E-state index contributed by atoms with van der Waals surface area (Å²) in [4.78, 5) is 16.5. The molecule has 26 heavy (non-hydrogen) atoms. The van der Waals surface area contributed by atoms with Gasteiger partial charge >= 0.3 is 0 Å². The maximum absolute atomic E-state index is 12.1. The van der Waals surface area contributed by atoms with Gasteiger partial charge in [-0.15, -0.1) is 11.3 Å². The van der Waals surface area contributed by atoms with Crippen molar-refractivity contribution in [2.45, 2.75) is 18.2 Å². The third-order valence-corrected chi connectivity index (χ3v) is 6.21. The summed E-state index contributed by atoms with van der Waals surface area (Å²) < 4.78 is 27.7. The first kappa shape index (κ1) is 18.8. The van der Waals surface area contributed by atoms with E-state index in [0.717, 1.165) is 15.2 Å². The Kier molecular flexibility index (Phi) is 5.57. The van der Waals surface area contributed by atoms with Crippen LogP contribution in [-0.2, 0) is 14.8 Å². The highest BCUT2D eigenvalue weighted by molar-refractivity contribution is 7.89. The number of rotatable bonds is 6. The molecule has 1 heterocycles. The first-order valence-electron chi connectivity index (χ1n) is 7.76. The highest BCUT2D eigenvalue weighted by atomic mass is 35.5. The molecule has 1 amide bonds. The third-order valence-electron chi connectivity index (χ3n) is 3.55. The van der Waals surface area contributed by atoms with Crippen LogP contribution >= 0.6 is 22.9 Å². The Balaban J connectivity index is 1.55. The summed E-state index contributed by atoms with van der Waals surface area (Å²) in [6.07, 6.45) is 0.0204. The van der Waals surface area contributed by atoms with Gasteiger partial charge in [-0.25, -0.2) is 18.1 Å². The Hall–Kier alpha value is -2.00. The number of carbonyl (C=O) groups is 1. The van der Waals surface area contributed by atoms with Gasteiger partial charge in [-0.1, -0.05) is 11.6 Å². The fraction of sp³-hybridized carbons (Fsp3) is 0.176. The fourth-order valence-electron chi connectivity index (χ4n) is 2.34. The van der Waals surface area contributed by atoms with Crippen LogP contribution in [0, 0.1) is 6.92 Å². The molecule has 0 aliphatic rings. The van der Waals surface area contributed by atoms with Gasteiger partial charge in [-0.3, -0.25) is 4.79 Å². The number of benzene rings is 2. The summed E-state index contributed by atoms with van der Waals surface area (Å²) in [6.45, 7) is 1.93. The Bertz CT molecular complexity index is 1050. The molecule has 0 unspecified atom stereocenters. The zero-order chi connectivity index (χ0) is 18.7. The van der Waals surface area contributed by atoms with Crippen molar-refractivity contribution in [3.8, 4) is 0 Å². The second-order valence-corrected chi connectivity index (χ2v) is 9.00. The standard InChI is InChI=1S/C17H16ClN3O3S2/c1-11-20-15-7-4-13(10-16(15)25-11)21-17(22)8-9-19-26(23,24)14-5-2-12(18)3-6-14/h2-7,10,19H,8-9H2,1H3,(H,21,22). The molecule has 3 aromatic rings. The van der Waals surface area contributed by atoms with E-state index in [1.807, 2.05) is 19.1 Å². The van der Waals surface area contributed by atoms with Crippen LogP contribution in [0.25, 0.3) is 10.2 Å². The van der Waals surface area contributed by atoms with Crippen molar-refractivity contribution in [3.05, 3.63) is 52.5 Å². The maximum Gasteiger partial charge on any atom is 0.240 e. The summed E-state index contributed by atoms with van der Waals surface area (Å²) in [7, 11) is -3.67. The lowest BCUT2D eigenvalue weighted by Crippen LogP contribution is -2.27. The topological polar surface area (TPSA) is 88.2 Å². The monoisotopic (exact) mass is 409 g/mol. The minimum absolute atomic E-state index is 0.00129. The van der Waals surface area contributed by atoms with E-state index in [0.29, 0.717) is 10.7 Å². The van der Waals surface area contributed by atoms with E-state index in [1.165, 1.54) is 24.3 Å². The smallest absolute Gasteiger partial charge is 0.240 e. The van der Waals surface area contributed by atoms with Gasteiger partial charge in [0.1, 0.15) is 0 Å². The molecule has 2 N–H and O–H groups in total. The molecule has 136 valence electrons. The summed E-state index contributed by atoms with van der Waals surface area (Å²) in [5, 5.41) is 4.18. The Morgan fingerprint density at radius 3 is 2.65 bits per heavy atom. The fourth-order valence-corrected chi connectivity index (χ4v) is 4.36. The van der Waals surface area contributed by atoms with Gasteiger partial charge in [0.2, 0.25) is 15.9 Å². The average molecular weight is 410 g/mol. The van der Waals surface area contributed by atoms with Crippen molar-refractivity contribution >= 4 is 54.8 Å². The molecule has 0 saturated heterocycles. The molecule has 0 radical (unpaired) electrons. The molecular weight excluding hydrogens is 394 g/mol. The number of aromatic nitrogens is 1. The quantitative estimate of drug-likeness (QED) is 0.651. The number of halogens is 1. The largest absolute Gasteiger partial charge is 0.326 e. The molecular formula is C17H16ClN3O3S2. The summed E-state index contributed by atoms with van der Waals surface area (Å²) in [5.41, 5.74) is 1.55. The second kappa shape index (κ2) is 7.71. The van der Waals surface area contributed by atoms with Crippen LogP contribution in [0.15, 0.2) is 47.4 Å². The van der Waals surface area contributed by atoms with Crippen LogP contribution in [0.4, 0.5) is 5.69 Å². The minimum Gasteiger partial charge on any atom is -0.326 e. The molecule has 0 fully saturated rings. The Morgan fingerprint density at radius 1 is 1.19 bits per heavy atom. The van der Waals surface area contributed by atoms with Gasteiger partial charge in [-0.05, 0) is 49.4 Å². The molecule has 0 saturated carbocycles. The van der Waals surface area contributed by atoms with E-state index in [1.54, 1.807) is 17.4 Å². The lowest BCUT2D eigenvalue weighted by atomic mass is 10.3. The molecule has 9 heteroatoms. The molecule has 0 aliphatic heterocycles. The number of anilines is 1. The summed E-state index contributed by atoms with van der Waals surface area (Å²) >= 11 is 7.30. The second-order valence-electron chi connectivity index (χ2n) is 5.57. The van der Waals surface area contributed by atoms with Crippen molar-refractivity contribution in [2.24, 2.45) is 0 Å². The molecule has 0 bridgehead atoms. The highest BCUT2D eigenvalue weighted by Crippen LogP contribution is 2.24. The van der Waals surface area contributed by atoms with Crippen molar-refractivity contribution in [1.82, 2.24) is 9.71 Å². The van der Waals surface area contributed by atoms with E-state index >= 15 is 0 Å². The van der Waals surface area contributed by atoms with Gasteiger partial charge in [0.15, 0.2) is 0 Å². The molecule has 2 aromatic carbocycles. The molecule has 0 spiro atoms. The first-order valence-corrected chi connectivity index (χ1v) is 10.4. The Morgan fingerprint density at radius 2 is 1.92 bits per heavy atom. The first-order chi connectivity index (χ1) is 12.3. The van der Waals surface area contributed by atoms with Crippen LogP contribution in [0.2, 0.25) is 5.02 Å². The van der Waals surface area contributed by atoms with Crippen LogP contribution in [-0.4, -0.2) is 25.9 Å². The number of nitrogens with zero attached hydrogens (tertiary/aromatic N) is 1. The number of carbonyl (C=O) groups excluding carboxylic acids is 1. The average Bonchev–Trinajstić information content (AvgIpc) is 2.94. The number of aryl methyl sites for hydroxylation is 1. The van der Waals surface area contributed by atoms with Crippen LogP contribution < -0.4 is 10.0 Å². The van der Waals surface area contributed by atoms with E-state index in [4.69, 9.17) is 11.6 Å². The molecule has 0 aliphatic carbocycles. The summed E-state index contributed by atoms with van der Waals surface area (Å²) in [5.74, 6) is -0.274. The zero-order valence-electron chi connectivity index (χ0n) is 13.8. The molecule has 3 rings (SSSR count). The maximum atomic E-state index is 12.1. The molecule has 0 atom stereocenters. The number of sulfonamides is 1. The number of thiazole rings is 1. The number of amides is 1. The van der Waals surface area contributed by atoms with Gasteiger partial charge in [0.05, 0.1) is 20.1 Å². The van der Waals surface area contributed by atoms with E-state index in [2.05, 4.69) is 15.0 Å². The highest BCUT2D eigenvalue weighted by Gasteiger charge is 2.14. The summed E-state index contributed by atoms with van der Waals surface area (Å²) in [6, 6.07) is 11.3. The van der Waals surface area contributed by atoms with Crippen LogP contribution in [0.1, 0.15) is 11.4 Å². The van der Waals surface area contributed by atoms with Crippen LogP contribution in [0.3, 0.4) is 0 Å². The van der Waals surface area contributed by atoms with Gasteiger partial charge < -0.3 is 5.32 Å². The zero-order valence-corrected chi connectivity index (χ0v) is 16.2. The number of hydrogen-bond donors (Lipinski definition) is 2. The van der Waals surface area contributed by atoms with Crippen LogP contribution in [0.5, 0.6) is 0 Å². The Labute approximate surface area is 160 Å². The number of hydrogen-bond acceptors (Lipinski definition) is 5. The molecule has 6 nitrogen and oxygen atoms in total. The van der Waals surface area contributed by atoms with Crippen molar-refractivity contribution < 1.29 is 13.2 Å². The SMILES string of the molecule is Cc1nc2ccc(NC(=O)CCNS(=O)(=O)c3ccc(Cl)cc3)cc2s1. The van der Waals surface area contributed by atoms with E-state index in [-0.39, 0.29) is 23.8 Å². The molecule has 1 aromatic heterocycles. The lowest BCUT2D eigenvalue weighted by molar-refractivity contribution is -0.116. The van der Waals surface area contributed by atoms with Crippen molar-refractivity contribution in [1.29, 1.82) is 0 Å². The predicted octanol–water partition coefficient (Wildman–Crippen LogP) is 3.57. The number of nitrogens with one attached hydrogen (secondary N) is 2.